The van der Waals surface area contributed by atoms with Gasteiger partial charge in [-0.2, -0.15) is 0 Å². The molecule has 10 aromatic rings. The van der Waals surface area contributed by atoms with E-state index in [9.17, 15) is 0 Å². The highest BCUT2D eigenvalue weighted by Gasteiger charge is 2.17. The maximum absolute atomic E-state index is 5.16. The van der Waals surface area contributed by atoms with E-state index in [4.69, 9.17) is 15.0 Å². The van der Waals surface area contributed by atoms with Crippen LogP contribution in [0, 0.1) is 0 Å². The highest BCUT2D eigenvalue weighted by atomic mass is 15.0. The molecule has 3 nitrogen and oxygen atoms in total. The third kappa shape index (κ3) is 5.88. The van der Waals surface area contributed by atoms with Crippen LogP contribution in [0.5, 0.6) is 0 Å². The zero-order chi connectivity index (χ0) is 35.8. The molecule has 10 rings (SSSR count). The zero-order valence-electron chi connectivity index (χ0n) is 29.4. The predicted molar refractivity (Wildman–Crippen MR) is 225 cm³/mol. The van der Waals surface area contributed by atoms with Crippen LogP contribution in [0.4, 0.5) is 0 Å². The predicted octanol–water partition coefficient (Wildman–Crippen LogP) is 13.3. The average Bonchev–Trinajstić information content (AvgIpc) is 3.26. The number of aromatic nitrogens is 3. The highest BCUT2D eigenvalue weighted by Crippen LogP contribution is 2.40. The summed E-state index contributed by atoms with van der Waals surface area (Å²) in [5.74, 6) is 1.91. The molecular formula is C51H33N3. The normalized spacial score (nSPS) is 11.3. The Kier molecular flexibility index (Phi) is 7.81. The first-order chi connectivity index (χ1) is 26.7. The van der Waals surface area contributed by atoms with Crippen molar-refractivity contribution in [3.8, 4) is 67.5 Å². The first kappa shape index (κ1) is 31.5. The molecule has 0 N–H and O–H groups in total. The summed E-state index contributed by atoms with van der Waals surface area (Å²) in [6, 6.07) is 70.8. The van der Waals surface area contributed by atoms with E-state index in [1.807, 2.05) is 24.3 Å². The molecule has 1 aromatic heterocycles. The molecule has 252 valence electrons. The van der Waals surface area contributed by atoms with Gasteiger partial charge in [-0.15, -0.1) is 0 Å². The molecule has 0 radical (unpaired) electrons. The van der Waals surface area contributed by atoms with Gasteiger partial charge in [0.25, 0.3) is 0 Å². The second-order valence-corrected chi connectivity index (χ2v) is 13.7. The van der Waals surface area contributed by atoms with Crippen molar-refractivity contribution < 1.29 is 0 Å². The first-order valence-electron chi connectivity index (χ1n) is 18.3. The maximum Gasteiger partial charge on any atom is 0.164 e. The van der Waals surface area contributed by atoms with E-state index in [1.54, 1.807) is 0 Å². The lowest BCUT2D eigenvalue weighted by Gasteiger charge is -2.16. The Morgan fingerprint density at radius 3 is 1.46 bits per heavy atom. The third-order valence-electron chi connectivity index (χ3n) is 10.3. The Hall–Kier alpha value is -7.23. The second kappa shape index (κ2) is 13.4. The smallest absolute Gasteiger partial charge is 0.164 e. The van der Waals surface area contributed by atoms with Gasteiger partial charge in [0.1, 0.15) is 0 Å². The summed E-state index contributed by atoms with van der Waals surface area (Å²) in [7, 11) is 0. The van der Waals surface area contributed by atoms with Crippen LogP contribution in [-0.2, 0) is 0 Å². The molecule has 9 aromatic carbocycles. The number of fused-ring (bicyclic) bond motifs is 3. The van der Waals surface area contributed by atoms with Gasteiger partial charge in [-0.05, 0) is 90.0 Å². The van der Waals surface area contributed by atoms with Crippen LogP contribution in [0.25, 0.3) is 99.9 Å². The molecular weight excluding hydrogens is 655 g/mol. The van der Waals surface area contributed by atoms with Gasteiger partial charge in [0, 0.05) is 16.7 Å². The maximum atomic E-state index is 5.16. The number of hydrogen-bond donors (Lipinski definition) is 0. The lowest BCUT2D eigenvalue weighted by Crippen LogP contribution is -2.00. The molecule has 0 saturated carbocycles. The molecule has 3 heteroatoms. The van der Waals surface area contributed by atoms with E-state index >= 15 is 0 Å². The lowest BCUT2D eigenvalue weighted by atomic mass is 9.88. The van der Waals surface area contributed by atoms with Gasteiger partial charge in [0.15, 0.2) is 17.5 Å². The minimum absolute atomic E-state index is 0.632. The molecule has 0 aliphatic rings. The van der Waals surface area contributed by atoms with E-state index in [2.05, 4.69) is 176 Å². The molecule has 0 aliphatic heterocycles. The van der Waals surface area contributed by atoms with Crippen molar-refractivity contribution >= 4 is 32.3 Å². The molecule has 0 atom stereocenters. The van der Waals surface area contributed by atoms with Gasteiger partial charge >= 0.3 is 0 Å². The molecule has 0 aliphatic carbocycles. The summed E-state index contributed by atoms with van der Waals surface area (Å²) in [4.78, 5) is 15.3. The van der Waals surface area contributed by atoms with Crippen LogP contribution in [0.1, 0.15) is 0 Å². The molecule has 0 fully saturated rings. The van der Waals surface area contributed by atoms with Gasteiger partial charge < -0.3 is 0 Å². The fraction of sp³-hybridized carbons (Fsp3) is 0. The van der Waals surface area contributed by atoms with E-state index in [-0.39, 0.29) is 0 Å². The summed E-state index contributed by atoms with van der Waals surface area (Å²) in [6.45, 7) is 0. The van der Waals surface area contributed by atoms with Crippen molar-refractivity contribution in [1.29, 1.82) is 0 Å². The molecule has 1 heterocycles. The number of rotatable bonds is 6. The SMILES string of the molecule is c1ccc(-c2ccc3cc(-c4nc(-c5ccccc5)nc(-c5cccc(-c6c(-c7ccc8ccccc8c7)ccc7ccccc67)c5)n4)ccc3c2)cc1. The van der Waals surface area contributed by atoms with Gasteiger partial charge in [0.05, 0.1) is 0 Å². The summed E-state index contributed by atoms with van der Waals surface area (Å²) in [6.07, 6.45) is 0. The van der Waals surface area contributed by atoms with Gasteiger partial charge in [-0.1, -0.05) is 176 Å². The van der Waals surface area contributed by atoms with E-state index in [0.717, 1.165) is 27.6 Å². The number of benzene rings is 9. The Morgan fingerprint density at radius 1 is 0.241 bits per heavy atom. The van der Waals surface area contributed by atoms with Crippen LogP contribution in [-0.4, -0.2) is 15.0 Å². The number of nitrogens with zero attached hydrogens (tertiary/aromatic N) is 3. The van der Waals surface area contributed by atoms with Crippen LogP contribution in [0.2, 0.25) is 0 Å². The molecule has 54 heavy (non-hydrogen) atoms. The molecule has 0 unspecified atom stereocenters. The summed E-state index contributed by atoms with van der Waals surface area (Å²) in [5.41, 5.74) is 9.87. The Morgan fingerprint density at radius 2 is 0.704 bits per heavy atom. The third-order valence-corrected chi connectivity index (χ3v) is 10.3. The highest BCUT2D eigenvalue weighted by molar-refractivity contribution is 6.05. The van der Waals surface area contributed by atoms with E-state index in [0.29, 0.717) is 17.5 Å². The van der Waals surface area contributed by atoms with Crippen molar-refractivity contribution in [2.45, 2.75) is 0 Å². The minimum atomic E-state index is 0.632. The summed E-state index contributed by atoms with van der Waals surface area (Å²) in [5, 5.41) is 7.15. The van der Waals surface area contributed by atoms with Crippen LogP contribution in [0.15, 0.2) is 200 Å². The fourth-order valence-electron chi connectivity index (χ4n) is 7.54. The second-order valence-electron chi connectivity index (χ2n) is 13.7. The van der Waals surface area contributed by atoms with Gasteiger partial charge in [0.2, 0.25) is 0 Å². The molecule has 0 bridgehead atoms. The Labute approximate surface area is 313 Å². The van der Waals surface area contributed by atoms with Crippen LogP contribution < -0.4 is 0 Å². The van der Waals surface area contributed by atoms with Crippen molar-refractivity contribution in [1.82, 2.24) is 15.0 Å². The average molecular weight is 688 g/mol. The van der Waals surface area contributed by atoms with Gasteiger partial charge in [-0.3, -0.25) is 0 Å². The molecule has 0 amide bonds. The summed E-state index contributed by atoms with van der Waals surface area (Å²) < 4.78 is 0. The van der Waals surface area contributed by atoms with Crippen molar-refractivity contribution in [3.63, 3.8) is 0 Å². The van der Waals surface area contributed by atoms with E-state index < -0.39 is 0 Å². The lowest BCUT2D eigenvalue weighted by molar-refractivity contribution is 1.07. The summed E-state index contributed by atoms with van der Waals surface area (Å²) >= 11 is 0. The largest absolute Gasteiger partial charge is 0.208 e. The van der Waals surface area contributed by atoms with Crippen LogP contribution >= 0.6 is 0 Å². The zero-order valence-corrected chi connectivity index (χ0v) is 29.4. The Bertz CT molecular complexity index is 2990. The van der Waals surface area contributed by atoms with Crippen molar-refractivity contribution in [2.24, 2.45) is 0 Å². The van der Waals surface area contributed by atoms with Crippen molar-refractivity contribution in [3.05, 3.63) is 200 Å². The standard InChI is InChI=1S/C51H33N3/c1-3-12-34(13-4-1)39-23-24-41-32-45(27-25-40(41)30-39)51-53-49(37-16-5-2-6-17-37)52-50(54-51)44-20-11-19-43(33-44)48-46-21-10-9-15-36(46)28-29-47(48)42-26-22-35-14-7-8-18-38(35)31-42/h1-33H. The van der Waals surface area contributed by atoms with Crippen molar-refractivity contribution in [2.75, 3.05) is 0 Å². The Balaban J connectivity index is 1.12. The quantitative estimate of drug-likeness (QED) is 0.175. The fourth-order valence-corrected chi connectivity index (χ4v) is 7.54. The minimum Gasteiger partial charge on any atom is -0.208 e. The van der Waals surface area contributed by atoms with Crippen LogP contribution in [0.3, 0.4) is 0 Å². The monoisotopic (exact) mass is 687 g/mol. The molecule has 0 saturated heterocycles. The van der Waals surface area contributed by atoms with Gasteiger partial charge in [-0.25, -0.2) is 15.0 Å². The number of hydrogen-bond acceptors (Lipinski definition) is 3. The molecule has 0 spiro atoms. The van der Waals surface area contributed by atoms with E-state index in [1.165, 1.54) is 54.7 Å². The first-order valence-corrected chi connectivity index (χ1v) is 18.3. The topological polar surface area (TPSA) is 38.7 Å².